The third-order valence-corrected chi connectivity index (χ3v) is 4.92. The summed E-state index contributed by atoms with van der Waals surface area (Å²) < 4.78 is 5.39. The summed E-state index contributed by atoms with van der Waals surface area (Å²) in [6.07, 6.45) is 0.245. The van der Waals surface area contributed by atoms with Crippen LogP contribution in [0.15, 0.2) is 54.6 Å². The van der Waals surface area contributed by atoms with E-state index in [1.807, 2.05) is 42.5 Å². The average Bonchev–Trinajstić information content (AvgIpc) is 2.78. The summed E-state index contributed by atoms with van der Waals surface area (Å²) in [4.78, 5) is 26.3. The lowest BCUT2D eigenvalue weighted by atomic mass is 10.1. The van der Waals surface area contributed by atoms with Crippen molar-refractivity contribution >= 4 is 11.9 Å². The normalized spacial score (nSPS) is 14.1. The zero-order chi connectivity index (χ0) is 21.0. The van der Waals surface area contributed by atoms with Gasteiger partial charge in [0.25, 0.3) is 0 Å². The van der Waals surface area contributed by atoms with Crippen LogP contribution in [0.5, 0.6) is 0 Å². The van der Waals surface area contributed by atoms with Gasteiger partial charge in [0.1, 0.15) is 0 Å². The second-order valence-electron chi connectivity index (χ2n) is 7.33. The molecule has 0 saturated carbocycles. The van der Waals surface area contributed by atoms with Crippen LogP contribution in [0.1, 0.15) is 23.1 Å². The van der Waals surface area contributed by atoms with Gasteiger partial charge in [0.15, 0.2) is 0 Å². The Morgan fingerprint density at radius 1 is 0.833 bits per heavy atom. The Kier molecular flexibility index (Phi) is 8.68. The molecule has 3 amide bonds. The van der Waals surface area contributed by atoms with Crippen molar-refractivity contribution in [3.8, 4) is 0 Å². The quantitative estimate of drug-likeness (QED) is 0.591. The molecule has 1 aliphatic heterocycles. The van der Waals surface area contributed by atoms with Crippen molar-refractivity contribution in [3.05, 3.63) is 71.3 Å². The van der Waals surface area contributed by atoms with E-state index in [4.69, 9.17) is 4.74 Å². The molecule has 0 aromatic heterocycles. The molecule has 2 aromatic rings. The van der Waals surface area contributed by atoms with Gasteiger partial charge in [-0.2, -0.15) is 0 Å². The van der Waals surface area contributed by atoms with Gasteiger partial charge in [-0.05, 0) is 16.7 Å². The number of ether oxygens (including phenoxy) is 1. The second-order valence-corrected chi connectivity index (χ2v) is 7.33. The molecule has 1 heterocycles. The Labute approximate surface area is 177 Å². The summed E-state index contributed by atoms with van der Waals surface area (Å²) in [7, 11) is 0. The lowest BCUT2D eigenvalue weighted by Gasteiger charge is -2.26. The Morgan fingerprint density at radius 2 is 1.53 bits per heavy atom. The molecule has 0 radical (unpaired) electrons. The molecule has 30 heavy (non-hydrogen) atoms. The molecule has 1 saturated heterocycles. The third-order valence-electron chi connectivity index (χ3n) is 4.92. The van der Waals surface area contributed by atoms with Crippen LogP contribution in [0, 0.1) is 0 Å². The highest BCUT2D eigenvalue weighted by atomic mass is 16.5. The minimum absolute atomic E-state index is 0.0880. The summed E-state index contributed by atoms with van der Waals surface area (Å²) in [6, 6.07) is 17.7. The molecule has 160 valence electrons. The Bertz CT molecular complexity index is 807. The smallest absolute Gasteiger partial charge is 0.315 e. The SMILES string of the molecule is O=C(CCNC(=O)NCc1cccc(CN2CCOCC2)c1)NCc1ccccc1. The molecule has 0 atom stereocenters. The van der Waals surface area contributed by atoms with Crippen molar-refractivity contribution in [2.45, 2.75) is 26.1 Å². The monoisotopic (exact) mass is 410 g/mol. The number of benzene rings is 2. The number of carbonyl (C=O) groups excluding carboxylic acids is 2. The van der Waals surface area contributed by atoms with Crippen LogP contribution in [0.4, 0.5) is 4.79 Å². The summed E-state index contributed by atoms with van der Waals surface area (Å²) in [5.41, 5.74) is 3.33. The van der Waals surface area contributed by atoms with E-state index >= 15 is 0 Å². The number of carbonyl (C=O) groups is 2. The van der Waals surface area contributed by atoms with Crippen molar-refractivity contribution < 1.29 is 14.3 Å². The fourth-order valence-corrected chi connectivity index (χ4v) is 3.27. The van der Waals surface area contributed by atoms with Crippen molar-refractivity contribution in [1.82, 2.24) is 20.9 Å². The van der Waals surface area contributed by atoms with Crippen LogP contribution < -0.4 is 16.0 Å². The highest BCUT2D eigenvalue weighted by molar-refractivity contribution is 5.78. The van der Waals surface area contributed by atoms with E-state index in [0.29, 0.717) is 19.6 Å². The van der Waals surface area contributed by atoms with Crippen molar-refractivity contribution in [2.24, 2.45) is 0 Å². The molecule has 7 heteroatoms. The number of nitrogens with one attached hydrogen (secondary N) is 3. The maximum Gasteiger partial charge on any atom is 0.315 e. The van der Waals surface area contributed by atoms with Crippen LogP contribution in [0.25, 0.3) is 0 Å². The van der Waals surface area contributed by atoms with E-state index in [-0.39, 0.29) is 18.4 Å². The lowest BCUT2D eigenvalue weighted by Crippen LogP contribution is -2.37. The molecule has 2 aromatic carbocycles. The average molecular weight is 411 g/mol. The number of morpholine rings is 1. The minimum atomic E-state index is -0.274. The second kappa shape index (κ2) is 11.9. The van der Waals surface area contributed by atoms with Gasteiger partial charge in [-0.3, -0.25) is 9.69 Å². The topological polar surface area (TPSA) is 82.7 Å². The number of hydrogen-bond acceptors (Lipinski definition) is 4. The van der Waals surface area contributed by atoms with Gasteiger partial charge in [-0.1, -0.05) is 54.6 Å². The van der Waals surface area contributed by atoms with Crippen LogP contribution in [0.2, 0.25) is 0 Å². The first-order chi connectivity index (χ1) is 14.7. The highest BCUT2D eigenvalue weighted by Gasteiger charge is 2.11. The molecular weight excluding hydrogens is 380 g/mol. The van der Waals surface area contributed by atoms with Gasteiger partial charge in [-0.15, -0.1) is 0 Å². The molecule has 0 spiro atoms. The minimum Gasteiger partial charge on any atom is -0.379 e. The van der Waals surface area contributed by atoms with Crippen LogP contribution in [-0.2, 0) is 29.2 Å². The van der Waals surface area contributed by atoms with Crippen LogP contribution in [0.3, 0.4) is 0 Å². The molecule has 0 bridgehead atoms. The predicted octanol–water partition coefficient (Wildman–Crippen LogP) is 2.02. The van der Waals surface area contributed by atoms with E-state index in [0.717, 1.165) is 44.0 Å². The van der Waals surface area contributed by atoms with Gasteiger partial charge in [0.05, 0.1) is 13.2 Å². The first-order valence-electron chi connectivity index (χ1n) is 10.4. The van der Waals surface area contributed by atoms with E-state index in [2.05, 4.69) is 33.0 Å². The lowest BCUT2D eigenvalue weighted by molar-refractivity contribution is -0.121. The van der Waals surface area contributed by atoms with Crippen LogP contribution in [-0.4, -0.2) is 49.7 Å². The number of urea groups is 1. The summed E-state index contributed by atoms with van der Waals surface area (Å²) in [5.74, 6) is -0.0880. The van der Waals surface area contributed by atoms with Crippen LogP contribution >= 0.6 is 0 Å². The third kappa shape index (κ3) is 7.85. The largest absolute Gasteiger partial charge is 0.379 e. The Balaban J connectivity index is 1.31. The molecule has 3 N–H and O–H groups in total. The van der Waals surface area contributed by atoms with Crippen molar-refractivity contribution in [1.29, 1.82) is 0 Å². The van der Waals surface area contributed by atoms with Gasteiger partial charge in [0, 0.05) is 45.7 Å². The zero-order valence-corrected chi connectivity index (χ0v) is 17.2. The molecule has 3 rings (SSSR count). The fourth-order valence-electron chi connectivity index (χ4n) is 3.27. The van der Waals surface area contributed by atoms with Gasteiger partial charge in [-0.25, -0.2) is 4.79 Å². The fraction of sp³-hybridized carbons (Fsp3) is 0.391. The Morgan fingerprint density at radius 3 is 2.33 bits per heavy atom. The predicted molar refractivity (Wildman–Crippen MR) is 116 cm³/mol. The van der Waals surface area contributed by atoms with Gasteiger partial charge < -0.3 is 20.7 Å². The first kappa shape index (κ1) is 21.8. The van der Waals surface area contributed by atoms with Gasteiger partial charge in [0.2, 0.25) is 5.91 Å². The first-order valence-corrected chi connectivity index (χ1v) is 10.4. The van der Waals surface area contributed by atoms with Crippen molar-refractivity contribution in [3.63, 3.8) is 0 Å². The summed E-state index contributed by atoms with van der Waals surface area (Å²) in [6.45, 7) is 5.59. The van der Waals surface area contributed by atoms with E-state index in [9.17, 15) is 9.59 Å². The maximum atomic E-state index is 12.0. The van der Waals surface area contributed by atoms with Gasteiger partial charge >= 0.3 is 6.03 Å². The molecule has 7 nitrogen and oxygen atoms in total. The molecule has 0 unspecified atom stereocenters. The number of rotatable bonds is 9. The maximum absolute atomic E-state index is 12.0. The van der Waals surface area contributed by atoms with E-state index in [1.165, 1.54) is 5.56 Å². The summed E-state index contributed by atoms with van der Waals surface area (Å²) >= 11 is 0. The molecule has 1 aliphatic rings. The van der Waals surface area contributed by atoms with Crippen molar-refractivity contribution in [2.75, 3.05) is 32.8 Å². The standard InChI is InChI=1S/C23H30N4O3/c28-22(25-16-19-5-2-1-3-6-19)9-10-24-23(29)26-17-20-7-4-8-21(15-20)18-27-11-13-30-14-12-27/h1-8,15H,9-14,16-18H2,(H,25,28)(H2,24,26,29). The Hall–Kier alpha value is -2.90. The molecule has 0 aliphatic carbocycles. The highest BCUT2D eigenvalue weighted by Crippen LogP contribution is 2.10. The van der Waals surface area contributed by atoms with E-state index in [1.54, 1.807) is 0 Å². The summed E-state index contributed by atoms with van der Waals surface area (Å²) in [5, 5.41) is 8.42. The number of amides is 3. The number of nitrogens with zero attached hydrogens (tertiary/aromatic N) is 1. The molecular formula is C23H30N4O3. The number of hydrogen-bond donors (Lipinski definition) is 3. The van der Waals surface area contributed by atoms with E-state index < -0.39 is 0 Å². The zero-order valence-electron chi connectivity index (χ0n) is 17.2. The molecule has 1 fully saturated rings.